The van der Waals surface area contributed by atoms with Crippen molar-refractivity contribution in [1.29, 1.82) is 0 Å². The molecule has 0 bridgehead atoms. The van der Waals surface area contributed by atoms with Crippen LogP contribution >= 0.6 is 11.7 Å². The number of hydrogen-bond acceptors (Lipinski definition) is 5. The van der Waals surface area contributed by atoms with Crippen LogP contribution in [0.15, 0.2) is 0 Å². The van der Waals surface area contributed by atoms with Crippen LogP contribution in [0.2, 0.25) is 0 Å². The van der Waals surface area contributed by atoms with E-state index in [0.29, 0.717) is 5.92 Å². The number of hydrogen-bond donors (Lipinski definition) is 0. The molecule has 2 rings (SSSR count). The van der Waals surface area contributed by atoms with Crippen molar-refractivity contribution in [3.63, 3.8) is 0 Å². The molecular formula is C14H25N3OS. The van der Waals surface area contributed by atoms with Gasteiger partial charge in [0.05, 0.1) is 18.3 Å². The quantitative estimate of drug-likeness (QED) is 0.720. The first-order valence-corrected chi connectivity index (χ1v) is 8.18. The molecule has 0 aliphatic carbocycles. The highest BCUT2D eigenvalue weighted by molar-refractivity contribution is 6.99. The average molecular weight is 283 g/mol. The Kier molecular flexibility index (Phi) is 6.04. The molecule has 1 aromatic heterocycles. The summed E-state index contributed by atoms with van der Waals surface area (Å²) >= 11 is 1.29. The van der Waals surface area contributed by atoms with Gasteiger partial charge in [0.15, 0.2) is 0 Å². The fraction of sp³-hybridized carbons (Fsp3) is 0.857. The highest BCUT2D eigenvalue weighted by atomic mass is 32.1. The second-order valence-electron chi connectivity index (χ2n) is 5.47. The van der Waals surface area contributed by atoms with Gasteiger partial charge in [-0.05, 0) is 32.9 Å². The van der Waals surface area contributed by atoms with Gasteiger partial charge in [-0.25, -0.2) is 0 Å². The summed E-state index contributed by atoms with van der Waals surface area (Å²) in [7, 11) is 2.18. The normalized spacial score (nSPS) is 20.6. The number of rotatable bonds is 7. The highest BCUT2D eigenvalue weighted by Gasteiger charge is 2.25. The van der Waals surface area contributed by atoms with Gasteiger partial charge >= 0.3 is 0 Å². The number of likely N-dealkylation sites (tertiary alicyclic amines) is 1. The van der Waals surface area contributed by atoms with Gasteiger partial charge in [0.25, 0.3) is 0 Å². The van der Waals surface area contributed by atoms with Crippen molar-refractivity contribution in [2.24, 2.45) is 0 Å². The molecule has 1 atom stereocenters. The lowest BCUT2D eigenvalue weighted by molar-refractivity contribution is 0.239. The lowest BCUT2D eigenvalue weighted by Crippen LogP contribution is -2.31. The molecule has 0 radical (unpaired) electrons. The monoisotopic (exact) mass is 283 g/mol. The molecular weight excluding hydrogens is 258 g/mol. The van der Waals surface area contributed by atoms with Crippen LogP contribution in [0, 0.1) is 0 Å². The van der Waals surface area contributed by atoms with Crippen LogP contribution in [0.1, 0.15) is 57.1 Å². The molecule has 1 aliphatic heterocycles. The van der Waals surface area contributed by atoms with E-state index in [-0.39, 0.29) is 0 Å². The summed E-state index contributed by atoms with van der Waals surface area (Å²) in [5, 5.41) is 0. The molecule has 0 spiro atoms. The van der Waals surface area contributed by atoms with E-state index < -0.39 is 0 Å². The zero-order valence-corrected chi connectivity index (χ0v) is 12.9. The third-order valence-electron chi connectivity index (χ3n) is 3.73. The zero-order valence-electron chi connectivity index (χ0n) is 12.1. The van der Waals surface area contributed by atoms with E-state index in [2.05, 4.69) is 27.6 Å². The van der Waals surface area contributed by atoms with Crippen LogP contribution in [0.3, 0.4) is 0 Å². The van der Waals surface area contributed by atoms with Crippen molar-refractivity contribution in [3.05, 3.63) is 5.69 Å². The largest absolute Gasteiger partial charge is 0.476 e. The second-order valence-corrected chi connectivity index (χ2v) is 5.99. The maximum atomic E-state index is 5.83. The van der Waals surface area contributed by atoms with Crippen molar-refractivity contribution in [3.8, 4) is 5.88 Å². The first kappa shape index (κ1) is 14.7. The molecule has 4 nitrogen and oxygen atoms in total. The Hall–Kier alpha value is -0.680. The van der Waals surface area contributed by atoms with Crippen LogP contribution in [0.4, 0.5) is 0 Å². The molecule has 1 aromatic rings. The van der Waals surface area contributed by atoms with E-state index in [0.717, 1.165) is 31.1 Å². The number of unbranched alkanes of at least 4 members (excludes halogenated alkanes) is 3. The summed E-state index contributed by atoms with van der Waals surface area (Å²) in [6.07, 6.45) is 7.37. The summed E-state index contributed by atoms with van der Waals surface area (Å²) in [6, 6.07) is 0. The predicted octanol–water partition coefficient (Wildman–Crippen LogP) is 3.31. The Balaban J connectivity index is 1.83. The van der Waals surface area contributed by atoms with Crippen LogP contribution in [-0.4, -0.2) is 40.4 Å². The smallest absolute Gasteiger partial charge is 0.249 e. The van der Waals surface area contributed by atoms with E-state index in [4.69, 9.17) is 4.74 Å². The van der Waals surface area contributed by atoms with Crippen molar-refractivity contribution >= 4 is 11.7 Å². The number of nitrogens with zero attached hydrogens (tertiary/aromatic N) is 3. The molecule has 1 fully saturated rings. The van der Waals surface area contributed by atoms with E-state index in [1.807, 2.05) is 0 Å². The predicted molar refractivity (Wildman–Crippen MR) is 79.0 cm³/mol. The molecule has 0 amide bonds. The van der Waals surface area contributed by atoms with Gasteiger partial charge in [0, 0.05) is 12.5 Å². The standard InChI is InChI=1S/C14H25N3OS/c1-3-4-5-6-10-18-14-13(15-19-16-14)12-8-7-9-17(2)11-12/h12H,3-11H2,1-2H3. The summed E-state index contributed by atoms with van der Waals surface area (Å²) in [5.41, 5.74) is 1.09. The zero-order chi connectivity index (χ0) is 13.5. The molecule has 2 heterocycles. The lowest BCUT2D eigenvalue weighted by Gasteiger charge is -2.28. The van der Waals surface area contributed by atoms with E-state index >= 15 is 0 Å². The van der Waals surface area contributed by atoms with Crippen LogP contribution in [0.5, 0.6) is 5.88 Å². The molecule has 1 aliphatic rings. The van der Waals surface area contributed by atoms with E-state index in [1.165, 1.54) is 50.4 Å². The minimum absolute atomic E-state index is 0.503. The number of aromatic nitrogens is 2. The first-order valence-electron chi connectivity index (χ1n) is 7.45. The molecule has 0 aromatic carbocycles. The Labute approximate surface area is 120 Å². The first-order chi connectivity index (χ1) is 9.31. The van der Waals surface area contributed by atoms with Gasteiger partial charge in [-0.2, -0.15) is 4.37 Å². The molecule has 1 saturated heterocycles. The number of likely N-dealkylation sites (N-methyl/N-ethyl adjacent to an activating group) is 1. The van der Waals surface area contributed by atoms with Gasteiger partial charge in [0.1, 0.15) is 5.69 Å². The minimum atomic E-state index is 0.503. The third-order valence-corrected chi connectivity index (χ3v) is 4.26. The topological polar surface area (TPSA) is 38.3 Å². The van der Waals surface area contributed by atoms with Gasteiger partial charge in [0.2, 0.25) is 5.88 Å². The van der Waals surface area contributed by atoms with E-state index in [9.17, 15) is 0 Å². The molecule has 0 saturated carbocycles. The Morgan fingerprint density at radius 3 is 3.00 bits per heavy atom. The Bertz CT molecular complexity index is 369. The number of ether oxygens (including phenoxy) is 1. The van der Waals surface area contributed by atoms with Crippen molar-refractivity contribution in [1.82, 2.24) is 13.6 Å². The lowest BCUT2D eigenvalue weighted by atomic mass is 9.95. The maximum absolute atomic E-state index is 5.83. The highest BCUT2D eigenvalue weighted by Crippen LogP contribution is 2.31. The van der Waals surface area contributed by atoms with Crippen molar-refractivity contribution in [2.45, 2.75) is 51.4 Å². The van der Waals surface area contributed by atoms with Gasteiger partial charge in [-0.15, -0.1) is 4.37 Å². The molecule has 19 heavy (non-hydrogen) atoms. The van der Waals surface area contributed by atoms with Crippen molar-refractivity contribution in [2.75, 3.05) is 26.7 Å². The molecule has 0 N–H and O–H groups in total. The average Bonchev–Trinajstić information content (AvgIpc) is 2.87. The molecule has 108 valence electrons. The fourth-order valence-electron chi connectivity index (χ4n) is 2.62. The minimum Gasteiger partial charge on any atom is -0.476 e. The summed E-state index contributed by atoms with van der Waals surface area (Å²) in [6.45, 7) is 5.28. The summed E-state index contributed by atoms with van der Waals surface area (Å²) in [4.78, 5) is 2.37. The fourth-order valence-corrected chi connectivity index (χ4v) is 3.20. The Morgan fingerprint density at radius 1 is 1.32 bits per heavy atom. The van der Waals surface area contributed by atoms with Gasteiger partial charge in [-0.1, -0.05) is 26.2 Å². The SMILES string of the molecule is CCCCCCOc1nsnc1C1CCCN(C)C1. The van der Waals surface area contributed by atoms with Crippen LogP contribution in [-0.2, 0) is 0 Å². The van der Waals surface area contributed by atoms with E-state index in [1.54, 1.807) is 0 Å². The summed E-state index contributed by atoms with van der Waals surface area (Å²) < 4.78 is 14.6. The number of piperidine rings is 1. The van der Waals surface area contributed by atoms with Crippen LogP contribution in [0.25, 0.3) is 0 Å². The molecule has 5 heteroatoms. The van der Waals surface area contributed by atoms with Gasteiger partial charge in [-0.3, -0.25) is 0 Å². The Morgan fingerprint density at radius 2 is 2.21 bits per heavy atom. The summed E-state index contributed by atoms with van der Waals surface area (Å²) in [5.74, 6) is 1.30. The second kappa shape index (κ2) is 7.80. The maximum Gasteiger partial charge on any atom is 0.249 e. The van der Waals surface area contributed by atoms with Crippen molar-refractivity contribution < 1.29 is 4.74 Å². The van der Waals surface area contributed by atoms with Gasteiger partial charge < -0.3 is 9.64 Å². The molecule has 1 unspecified atom stereocenters. The third kappa shape index (κ3) is 4.42. The van der Waals surface area contributed by atoms with Crippen LogP contribution < -0.4 is 4.74 Å².